The molecule has 0 spiro atoms. The smallest absolute Gasteiger partial charge is 0.328 e. The lowest BCUT2D eigenvalue weighted by Gasteiger charge is -2.49. The number of anilines is 1. The Balaban J connectivity index is 1.27. The van der Waals surface area contributed by atoms with E-state index >= 15 is 0 Å². The maximum atomic E-state index is 15.0. The summed E-state index contributed by atoms with van der Waals surface area (Å²) in [6.45, 7) is 7.34. The number of phenols is 1. The maximum absolute atomic E-state index is 15.0. The van der Waals surface area contributed by atoms with Crippen LogP contribution in [0.5, 0.6) is 5.75 Å². The van der Waals surface area contributed by atoms with Gasteiger partial charge in [0.25, 0.3) is 0 Å². The lowest BCUT2D eigenvalue weighted by atomic mass is 9.51. The molecule has 2 aromatic heterocycles. The zero-order chi connectivity index (χ0) is 35.7. The number of hydrogen-bond acceptors (Lipinski definition) is 8. The highest BCUT2D eigenvalue weighted by Gasteiger charge is 2.68. The lowest BCUT2D eigenvalue weighted by Crippen LogP contribution is -2.49. The highest BCUT2D eigenvalue weighted by Crippen LogP contribution is 2.64. The van der Waals surface area contributed by atoms with Gasteiger partial charge in [0.05, 0.1) is 28.0 Å². The summed E-state index contributed by atoms with van der Waals surface area (Å²) in [4.78, 5) is 71.5. The van der Waals surface area contributed by atoms with Gasteiger partial charge in [-0.15, -0.1) is 11.3 Å². The van der Waals surface area contributed by atoms with E-state index < -0.39 is 64.7 Å². The minimum Gasteiger partial charge on any atom is -0.507 e. The van der Waals surface area contributed by atoms with Gasteiger partial charge in [0.15, 0.2) is 0 Å². The number of thiophene rings is 1. The summed E-state index contributed by atoms with van der Waals surface area (Å²) in [6.07, 6.45) is 2.22. The van der Waals surface area contributed by atoms with E-state index in [1.54, 1.807) is 49.9 Å². The molecular formula is C37H34ClN5O6S. The molecule has 1 saturated carbocycles. The summed E-state index contributed by atoms with van der Waals surface area (Å²) in [6, 6.07) is 9.97. The van der Waals surface area contributed by atoms with Crippen molar-refractivity contribution in [2.45, 2.75) is 46.5 Å². The number of carbonyl (C=O) groups excluding carboxylic acids is 5. The number of fused-ring (bicyclic) bond motifs is 5. The standard InChI is InChI=1S/C37H34ClN5O6S/c1-15-10-18(11-16(2)30(15)44)29-20-7-8-21-28(34(47)43(32(21)45)36(39)49)23(20)13-24-33(46)42(35(48)37(24,29)4)27-14-25(40-41(27)5)31-17(3)22-12-19(38)6-9-26(22)50-31/h6-7,9-12,14,21,23-24,28-29,44H,8,13H2,1-5H3,(H2,39,49)/t21-,23+,24-,28-,29-,37+/m0/s1. The van der Waals surface area contributed by atoms with Gasteiger partial charge in [-0.3, -0.25) is 23.9 Å². The summed E-state index contributed by atoms with van der Waals surface area (Å²) in [5.74, 6) is -5.51. The number of benzene rings is 2. The topological polar surface area (TPSA) is 156 Å². The molecule has 2 aliphatic heterocycles. The number of allylic oxidation sites excluding steroid dienone is 2. The number of likely N-dealkylation sites (tertiary alicyclic amines) is 1. The van der Waals surface area contributed by atoms with Gasteiger partial charge in [-0.05, 0) is 92.3 Å². The van der Waals surface area contributed by atoms with E-state index in [0.717, 1.165) is 31.7 Å². The largest absolute Gasteiger partial charge is 0.507 e. The first-order valence-corrected chi connectivity index (χ1v) is 17.6. The summed E-state index contributed by atoms with van der Waals surface area (Å²) < 4.78 is 2.57. The first-order valence-electron chi connectivity index (χ1n) is 16.4. The Bertz CT molecular complexity index is 2270. The van der Waals surface area contributed by atoms with Gasteiger partial charge in [-0.25, -0.2) is 9.69 Å². The SMILES string of the molecule is Cc1cc([C@H]2C3=CC[C@@H]4C(=O)N(C(N)=O)C(=O)[C@@H]4[C@@H]3C[C@H]3C(=O)N(c4cc(-c5sc6ccc(Cl)cc6c5C)nn4C)C(=O)[C@@]23C)cc(C)c1O. The molecule has 256 valence electrons. The first kappa shape index (κ1) is 32.4. The lowest BCUT2D eigenvalue weighted by molar-refractivity contribution is -0.136. The molecule has 4 aliphatic rings. The van der Waals surface area contributed by atoms with Crippen LogP contribution < -0.4 is 10.6 Å². The molecule has 8 rings (SSSR count). The van der Waals surface area contributed by atoms with Crippen molar-refractivity contribution in [2.75, 3.05) is 4.90 Å². The van der Waals surface area contributed by atoms with Gasteiger partial charge in [0.1, 0.15) is 17.3 Å². The molecule has 0 bridgehead atoms. The molecule has 2 aliphatic carbocycles. The number of rotatable bonds is 3. The van der Waals surface area contributed by atoms with Gasteiger partial charge in [0, 0.05) is 28.8 Å². The Morgan fingerprint density at radius 3 is 2.40 bits per heavy atom. The third-order valence-corrected chi connectivity index (χ3v) is 13.1. The highest BCUT2D eigenvalue weighted by molar-refractivity contribution is 7.22. The Morgan fingerprint density at radius 1 is 1.02 bits per heavy atom. The van der Waals surface area contributed by atoms with E-state index in [4.69, 9.17) is 22.4 Å². The van der Waals surface area contributed by atoms with Crippen molar-refractivity contribution in [3.8, 4) is 16.3 Å². The molecule has 4 heterocycles. The molecule has 0 radical (unpaired) electrons. The van der Waals surface area contributed by atoms with Crippen molar-refractivity contribution in [1.82, 2.24) is 14.7 Å². The van der Waals surface area contributed by atoms with Crippen LogP contribution >= 0.6 is 22.9 Å². The molecule has 3 fully saturated rings. The number of hydrogen-bond donors (Lipinski definition) is 2. The number of urea groups is 1. The van der Waals surface area contributed by atoms with E-state index in [9.17, 15) is 29.1 Å². The fourth-order valence-corrected chi connectivity index (χ4v) is 10.5. The van der Waals surface area contributed by atoms with Crippen LogP contribution in [-0.2, 0) is 26.2 Å². The minimum absolute atomic E-state index is 0.129. The van der Waals surface area contributed by atoms with Gasteiger partial charge in [-0.1, -0.05) is 35.4 Å². The number of nitrogens with zero attached hydrogens (tertiary/aromatic N) is 4. The predicted octanol–water partition coefficient (Wildman–Crippen LogP) is 5.90. The molecular weight excluding hydrogens is 678 g/mol. The number of nitrogens with two attached hydrogens (primary N) is 1. The third kappa shape index (κ3) is 4.21. The average Bonchev–Trinajstić information content (AvgIpc) is 3.73. The van der Waals surface area contributed by atoms with Crippen molar-refractivity contribution >= 4 is 68.5 Å². The second-order valence-electron chi connectivity index (χ2n) is 14.2. The van der Waals surface area contributed by atoms with Crippen molar-refractivity contribution in [3.63, 3.8) is 0 Å². The van der Waals surface area contributed by atoms with E-state index in [-0.39, 0.29) is 18.6 Å². The van der Waals surface area contributed by atoms with Crippen LogP contribution in [0, 0.1) is 49.9 Å². The molecule has 6 atom stereocenters. The molecule has 6 amide bonds. The number of halogens is 1. The normalized spacial score (nSPS) is 27.6. The van der Waals surface area contributed by atoms with Crippen LogP contribution in [0.15, 0.2) is 48.0 Å². The molecule has 3 N–H and O–H groups in total. The van der Waals surface area contributed by atoms with E-state index in [0.29, 0.717) is 32.6 Å². The Hall–Kier alpha value is -4.81. The van der Waals surface area contributed by atoms with Crippen LogP contribution in [-0.4, -0.2) is 49.4 Å². The fourth-order valence-electron chi connectivity index (χ4n) is 9.20. The van der Waals surface area contributed by atoms with Crippen molar-refractivity contribution in [3.05, 3.63) is 75.3 Å². The van der Waals surface area contributed by atoms with Gasteiger partial charge in [-0.2, -0.15) is 10.00 Å². The van der Waals surface area contributed by atoms with E-state index in [1.807, 2.05) is 43.3 Å². The first-order chi connectivity index (χ1) is 23.6. The number of aryl methyl sites for hydroxylation is 4. The summed E-state index contributed by atoms with van der Waals surface area (Å²) in [5, 5.41) is 17.1. The number of aromatic hydroxyl groups is 1. The van der Waals surface area contributed by atoms with Gasteiger partial charge >= 0.3 is 6.03 Å². The summed E-state index contributed by atoms with van der Waals surface area (Å²) in [5.41, 5.74) is 8.49. The van der Waals surface area contributed by atoms with Crippen LogP contribution in [0.4, 0.5) is 10.6 Å². The third-order valence-electron chi connectivity index (χ3n) is 11.6. The van der Waals surface area contributed by atoms with E-state index in [1.165, 1.54) is 4.90 Å². The Labute approximate surface area is 296 Å². The predicted molar refractivity (Wildman–Crippen MR) is 187 cm³/mol. The zero-order valence-electron chi connectivity index (χ0n) is 28.0. The minimum atomic E-state index is -1.29. The number of amides is 6. The number of phenolic OH excluding ortho intramolecular Hbond substituents is 1. The average molecular weight is 712 g/mol. The highest BCUT2D eigenvalue weighted by atomic mass is 35.5. The number of primary amides is 1. The van der Waals surface area contributed by atoms with Crippen LogP contribution in [0.1, 0.15) is 47.9 Å². The molecule has 2 aromatic carbocycles. The molecule has 0 unspecified atom stereocenters. The molecule has 13 heteroatoms. The quantitative estimate of drug-likeness (QED) is 0.198. The van der Waals surface area contributed by atoms with Crippen molar-refractivity contribution in [2.24, 2.45) is 41.9 Å². The summed E-state index contributed by atoms with van der Waals surface area (Å²) in [7, 11) is 1.70. The number of carbonyl (C=O) groups is 5. The monoisotopic (exact) mass is 711 g/mol. The molecule has 4 aromatic rings. The Kier molecular flexibility index (Phi) is 7.03. The second kappa shape index (κ2) is 10.8. The fraction of sp³-hybridized carbons (Fsp3) is 0.351. The maximum Gasteiger partial charge on any atom is 0.328 e. The molecule has 50 heavy (non-hydrogen) atoms. The van der Waals surface area contributed by atoms with Gasteiger partial charge in [0.2, 0.25) is 23.6 Å². The van der Waals surface area contributed by atoms with Gasteiger partial charge < -0.3 is 10.8 Å². The summed E-state index contributed by atoms with van der Waals surface area (Å²) >= 11 is 7.84. The van der Waals surface area contributed by atoms with E-state index in [2.05, 4.69) is 0 Å². The molecule has 11 nitrogen and oxygen atoms in total. The number of aromatic nitrogens is 2. The Morgan fingerprint density at radius 2 is 1.72 bits per heavy atom. The second-order valence-corrected chi connectivity index (χ2v) is 15.7. The number of imide groups is 4. The molecule has 2 saturated heterocycles. The van der Waals surface area contributed by atoms with Crippen molar-refractivity contribution in [1.29, 1.82) is 0 Å². The van der Waals surface area contributed by atoms with Crippen LogP contribution in [0.25, 0.3) is 20.7 Å². The van der Waals surface area contributed by atoms with Crippen LogP contribution in [0.2, 0.25) is 5.02 Å². The van der Waals surface area contributed by atoms with Crippen LogP contribution in [0.3, 0.4) is 0 Å². The zero-order valence-corrected chi connectivity index (χ0v) is 29.6. The van der Waals surface area contributed by atoms with Crippen molar-refractivity contribution < 1.29 is 29.1 Å².